The molecule has 0 aromatic carbocycles. The highest BCUT2D eigenvalue weighted by molar-refractivity contribution is 9.10. The van der Waals surface area contributed by atoms with Crippen molar-refractivity contribution in [3.63, 3.8) is 0 Å². The zero-order chi connectivity index (χ0) is 9.97. The van der Waals surface area contributed by atoms with E-state index in [9.17, 15) is 4.79 Å². The number of morpholine rings is 1. The highest BCUT2D eigenvalue weighted by atomic mass is 79.9. The van der Waals surface area contributed by atoms with Gasteiger partial charge in [-0.15, -0.1) is 0 Å². The number of hydrogen-bond acceptors (Lipinski definition) is 3. The fraction of sp³-hybridized carbons (Fsp3) is 0.333. The lowest BCUT2D eigenvalue weighted by Crippen LogP contribution is -2.39. The molecule has 2 rings (SSSR count). The Morgan fingerprint density at radius 1 is 1.64 bits per heavy atom. The van der Waals surface area contributed by atoms with Gasteiger partial charge in [0.25, 0.3) is 0 Å². The van der Waals surface area contributed by atoms with Crippen molar-refractivity contribution in [3.05, 3.63) is 28.5 Å². The molecule has 1 aromatic rings. The summed E-state index contributed by atoms with van der Waals surface area (Å²) < 4.78 is 6.04. The largest absolute Gasteiger partial charge is 0.369 e. The van der Waals surface area contributed by atoms with Gasteiger partial charge in [-0.05, 0) is 27.6 Å². The normalized spacial score (nSPS) is 21.8. The Balaban J connectivity index is 2.22. The summed E-state index contributed by atoms with van der Waals surface area (Å²) in [5.74, 6) is -0.0787. The fourth-order valence-electron chi connectivity index (χ4n) is 1.38. The maximum absolute atomic E-state index is 11.1. The standard InChI is InChI=1S/C9H9BrN2O2/c10-7-3-11-2-1-6(7)8-4-14-5-9(13)12-8/h1-3,8H,4-5H2,(H,12,13). The van der Waals surface area contributed by atoms with E-state index in [1.54, 1.807) is 12.4 Å². The van der Waals surface area contributed by atoms with Gasteiger partial charge in [-0.1, -0.05) is 0 Å². The lowest BCUT2D eigenvalue weighted by atomic mass is 10.1. The molecule has 0 radical (unpaired) electrons. The van der Waals surface area contributed by atoms with E-state index in [0.29, 0.717) is 6.61 Å². The van der Waals surface area contributed by atoms with E-state index in [4.69, 9.17) is 4.74 Å². The summed E-state index contributed by atoms with van der Waals surface area (Å²) in [5, 5.41) is 2.85. The van der Waals surface area contributed by atoms with Crippen molar-refractivity contribution >= 4 is 21.8 Å². The summed E-state index contributed by atoms with van der Waals surface area (Å²) in [6.07, 6.45) is 3.40. The molecule has 1 N–H and O–H groups in total. The molecule has 1 atom stereocenters. The Labute approximate surface area is 89.8 Å². The average Bonchev–Trinajstić information content (AvgIpc) is 2.18. The summed E-state index contributed by atoms with van der Waals surface area (Å²) in [6.45, 7) is 0.660. The van der Waals surface area contributed by atoms with Crippen LogP contribution < -0.4 is 5.32 Å². The minimum Gasteiger partial charge on any atom is -0.369 e. The third kappa shape index (κ3) is 1.93. The first-order chi connectivity index (χ1) is 6.77. The van der Waals surface area contributed by atoms with Crippen LogP contribution in [0.1, 0.15) is 11.6 Å². The minimum absolute atomic E-state index is 0.0753. The SMILES string of the molecule is O=C1COCC(c2ccncc2Br)N1. The van der Waals surface area contributed by atoms with Gasteiger partial charge in [0.15, 0.2) is 0 Å². The van der Waals surface area contributed by atoms with Crippen LogP contribution in [0, 0.1) is 0 Å². The summed E-state index contributed by atoms with van der Waals surface area (Å²) in [6, 6.07) is 1.79. The minimum atomic E-state index is -0.0787. The van der Waals surface area contributed by atoms with Gasteiger partial charge in [-0.3, -0.25) is 9.78 Å². The lowest BCUT2D eigenvalue weighted by molar-refractivity contribution is -0.131. The molecule has 14 heavy (non-hydrogen) atoms. The highest BCUT2D eigenvalue weighted by Gasteiger charge is 2.21. The van der Waals surface area contributed by atoms with Crippen molar-refractivity contribution in [1.29, 1.82) is 0 Å². The Bertz CT molecular complexity index is 356. The monoisotopic (exact) mass is 256 g/mol. The maximum Gasteiger partial charge on any atom is 0.246 e. The molecule has 2 heterocycles. The molecule has 0 spiro atoms. The molecular formula is C9H9BrN2O2. The second-order valence-electron chi connectivity index (χ2n) is 3.03. The molecular weight excluding hydrogens is 248 g/mol. The third-order valence-corrected chi connectivity index (χ3v) is 2.69. The number of carbonyl (C=O) groups excluding carboxylic acids is 1. The van der Waals surface area contributed by atoms with E-state index < -0.39 is 0 Å². The molecule has 1 aromatic heterocycles. The van der Waals surface area contributed by atoms with Crippen LogP contribution in [0.15, 0.2) is 22.9 Å². The van der Waals surface area contributed by atoms with Gasteiger partial charge in [0.1, 0.15) is 6.61 Å². The lowest BCUT2D eigenvalue weighted by Gasteiger charge is -2.24. The number of carbonyl (C=O) groups is 1. The summed E-state index contributed by atoms with van der Waals surface area (Å²) in [5.41, 5.74) is 0.994. The number of amides is 1. The highest BCUT2D eigenvalue weighted by Crippen LogP contribution is 2.23. The zero-order valence-electron chi connectivity index (χ0n) is 7.37. The molecule has 1 amide bonds. The van der Waals surface area contributed by atoms with Crippen molar-refractivity contribution in [2.75, 3.05) is 13.2 Å². The van der Waals surface area contributed by atoms with Crippen LogP contribution in [0.2, 0.25) is 0 Å². The van der Waals surface area contributed by atoms with Crippen LogP contribution >= 0.6 is 15.9 Å². The Kier molecular flexibility index (Phi) is 2.79. The number of rotatable bonds is 1. The van der Waals surface area contributed by atoms with Gasteiger partial charge in [0.2, 0.25) is 5.91 Å². The van der Waals surface area contributed by atoms with Gasteiger partial charge < -0.3 is 10.1 Å². The first kappa shape index (κ1) is 9.61. The molecule has 1 saturated heterocycles. The second kappa shape index (κ2) is 4.06. The van der Waals surface area contributed by atoms with Crippen LogP contribution in [0.3, 0.4) is 0 Å². The molecule has 1 fully saturated rings. The van der Waals surface area contributed by atoms with Crippen LogP contribution in [0.25, 0.3) is 0 Å². The van der Waals surface area contributed by atoms with Crippen molar-refractivity contribution in [1.82, 2.24) is 10.3 Å². The zero-order valence-corrected chi connectivity index (χ0v) is 8.95. The average molecular weight is 257 g/mol. The number of ether oxygens (including phenoxy) is 1. The molecule has 1 aliphatic rings. The molecule has 5 heteroatoms. The molecule has 0 saturated carbocycles. The number of nitrogens with one attached hydrogen (secondary N) is 1. The van der Waals surface area contributed by atoms with Gasteiger partial charge in [0.05, 0.1) is 12.6 Å². The third-order valence-electron chi connectivity index (χ3n) is 2.03. The van der Waals surface area contributed by atoms with Crippen molar-refractivity contribution < 1.29 is 9.53 Å². The molecule has 1 aliphatic heterocycles. The van der Waals surface area contributed by atoms with E-state index in [2.05, 4.69) is 26.2 Å². The van der Waals surface area contributed by atoms with Crippen LogP contribution in [-0.2, 0) is 9.53 Å². The Morgan fingerprint density at radius 3 is 3.21 bits per heavy atom. The molecule has 1 unspecified atom stereocenters. The number of hydrogen-bond donors (Lipinski definition) is 1. The Morgan fingerprint density at radius 2 is 2.50 bits per heavy atom. The van der Waals surface area contributed by atoms with E-state index >= 15 is 0 Å². The van der Waals surface area contributed by atoms with Gasteiger partial charge in [-0.25, -0.2) is 0 Å². The first-order valence-corrected chi connectivity index (χ1v) is 5.03. The quantitative estimate of drug-likeness (QED) is 0.817. The number of pyridine rings is 1. The van der Waals surface area contributed by atoms with Gasteiger partial charge >= 0.3 is 0 Å². The summed E-state index contributed by atoms with van der Waals surface area (Å²) in [4.78, 5) is 15.0. The van der Waals surface area contributed by atoms with Crippen molar-refractivity contribution in [2.45, 2.75) is 6.04 Å². The van der Waals surface area contributed by atoms with Crippen LogP contribution in [0.5, 0.6) is 0 Å². The van der Waals surface area contributed by atoms with E-state index in [0.717, 1.165) is 10.0 Å². The topological polar surface area (TPSA) is 51.2 Å². The summed E-state index contributed by atoms with van der Waals surface area (Å²) >= 11 is 3.38. The smallest absolute Gasteiger partial charge is 0.246 e. The first-order valence-electron chi connectivity index (χ1n) is 4.24. The van der Waals surface area contributed by atoms with Crippen molar-refractivity contribution in [2.24, 2.45) is 0 Å². The predicted octanol–water partition coefficient (Wildman–Crippen LogP) is 1.03. The van der Waals surface area contributed by atoms with Crippen LogP contribution in [-0.4, -0.2) is 24.1 Å². The molecule has 0 bridgehead atoms. The fourth-order valence-corrected chi connectivity index (χ4v) is 1.91. The Hall–Kier alpha value is -0.940. The van der Waals surface area contributed by atoms with E-state index in [1.807, 2.05) is 6.07 Å². The van der Waals surface area contributed by atoms with E-state index in [1.165, 1.54) is 0 Å². The molecule has 0 aliphatic carbocycles. The number of aromatic nitrogens is 1. The number of halogens is 1. The number of nitrogens with zero attached hydrogens (tertiary/aromatic N) is 1. The van der Waals surface area contributed by atoms with Crippen molar-refractivity contribution in [3.8, 4) is 0 Å². The molecule has 4 nitrogen and oxygen atoms in total. The van der Waals surface area contributed by atoms with Gasteiger partial charge in [-0.2, -0.15) is 0 Å². The summed E-state index contributed by atoms with van der Waals surface area (Å²) in [7, 11) is 0. The van der Waals surface area contributed by atoms with Gasteiger partial charge in [0, 0.05) is 16.9 Å². The van der Waals surface area contributed by atoms with E-state index in [-0.39, 0.29) is 18.6 Å². The predicted molar refractivity (Wildman–Crippen MR) is 53.6 cm³/mol. The maximum atomic E-state index is 11.1. The molecule has 74 valence electrons. The van der Waals surface area contributed by atoms with Crippen LogP contribution in [0.4, 0.5) is 0 Å². The second-order valence-corrected chi connectivity index (χ2v) is 3.89.